The van der Waals surface area contributed by atoms with E-state index in [1.807, 2.05) is 52.0 Å². The van der Waals surface area contributed by atoms with Gasteiger partial charge in [-0.1, -0.05) is 56.4 Å². The van der Waals surface area contributed by atoms with Gasteiger partial charge in [0.05, 0.1) is 54.2 Å². The van der Waals surface area contributed by atoms with Gasteiger partial charge >= 0.3 is 6.09 Å². The third kappa shape index (κ3) is 14.1. The minimum Gasteiger partial charge on any atom is -0.444 e. The molecule has 0 radical (unpaired) electrons. The number of likely N-dealkylation sites (tertiary alicyclic amines) is 1. The fourth-order valence-corrected chi connectivity index (χ4v) is 9.21. The van der Waals surface area contributed by atoms with E-state index >= 15 is 0 Å². The highest BCUT2D eigenvalue weighted by atomic mass is 32.1. The molecule has 2 aromatic carbocycles. The molecule has 6 amide bonds. The number of aliphatic hydroxyl groups is 1. The zero-order chi connectivity index (χ0) is 48.5. The normalized spacial score (nSPS) is 16.5. The van der Waals surface area contributed by atoms with Crippen molar-refractivity contribution < 1.29 is 48.1 Å². The SMILES string of the molecule is Cc1ncsc1-c1ccc(CNC(=O)[C@H]2C[C@H](O)CN2C(=O)[C@@H](NC(=O)COCCOCCNC(=O)c2ccc(C(=O)Nc3nc4c(s3)CN(C(=O)OC(C)(C)C)CC4)cc2)C(C)(C)C)cc1. The Bertz CT molecular complexity index is 2390. The molecule has 6 rings (SSSR count). The fourth-order valence-electron chi connectivity index (χ4n) is 7.38. The van der Waals surface area contributed by atoms with Gasteiger partial charge in [0.15, 0.2) is 5.13 Å². The Morgan fingerprint density at radius 2 is 1.58 bits per heavy atom. The zero-order valence-electron chi connectivity index (χ0n) is 38.9. The summed E-state index contributed by atoms with van der Waals surface area (Å²) < 4.78 is 16.5. The maximum absolute atomic E-state index is 13.9. The van der Waals surface area contributed by atoms with Gasteiger partial charge in [0.1, 0.15) is 24.3 Å². The lowest BCUT2D eigenvalue weighted by atomic mass is 9.85. The van der Waals surface area contributed by atoms with Crippen molar-refractivity contribution in [3.63, 3.8) is 0 Å². The van der Waals surface area contributed by atoms with Crippen LogP contribution in [0.5, 0.6) is 0 Å². The van der Waals surface area contributed by atoms with Gasteiger partial charge in [-0.3, -0.25) is 29.3 Å². The van der Waals surface area contributed by atoms with Gasteiger partial charge in [-0.05, 0) is 68.5 Å². The number of nitrogens with one attached hydrogen (secondary N) is 4. The quantitative estimate of drug-likeness (QED) is 0.0908. The molecule has 20 heteroatoms. The van der Waals surface area contributed by atoms with Gasteiger partial charge in [0, 0.05) is 55.0 Å². The summed E-state index contributed by atoms with van der Waals surface area (Å²) in [4.78, 5) is 92.3. The number of fused-ring (bicyclic) bond motifs is 1. The smallest absolute Gasteiger partial charge is 0.410 e. The van der Waals surface area contributed by atoms with Crippen molar-refractivity contribution in [2.45, 2.75) is 98.2 Å². The third-order valence-corrected chi connectivity index (χ3v) is 12.8. The van der Waals surface area contributed by atoms with Crippen molar-refractivity contribution in [2.75, 3.05) is 51.4 Å². The fraction of sp³-hybridized carbons (Fsp3) is 0.489. The van der Waals surface area contributed by atoms with Crippen LogP contribution in [-0.2, 0) is 48.1 Å². The highest BCUT2D eigenvalue weighted by Gasteiger charge is 2.44. The molecule has 0 saturated carbocycles. The van der Waals surface area contributed by atoms with E-state index in [4.69, 9.17) is 14.2 Å². The van der Waals surface area contributed by atoms with Crippen LogP contribution in [0.2, 0.25) is 0 Å². The van der Waals surface area contributed by atoms with Gasteiger partial charge in [-0.15, -0.1) is 11.3 Å². The number of aryl methyl sites for hydroxylation is 1. The van der Waals surface area contributed by atoms with Crippen LogP contribution in [0.1, 0.15) is 90.5 Å². The molecule has 4 aromatic rings. The van der Waals surface area contributed by atoms with Gasteiger partial charge in [-0.25, -0.2) is 14.8 Å². The lowest BCUT2D eigenvalue weighted by molar-refractivity contribution is -0.144. The second-order valence-corrected chi connectivity index (χ2v) is 20.4. The number of aliphatic hydroxyl groups excluding tert-OH is 1. The van der Waals surface area contributed by atoms with Gasteiger partial charge < -0.3 is 45.1 Å². The first-order chi connectivity index (χ1) is 31.8. The molecule has 0 unspecified atom stereocenters. The topological polar surface area (TPSA) is 231 Å². The van der Waals surface area contributed by atoms with Gasteiger partial charge in [0.2, 0.25) is 17.7 Å². The highest BCUT2D eigenvalue weighted by molar-refractivity contribution is 7.16. The summed E-state index contributed by atoms with van der Waals surface area (Å²) in [5, 5.41) is 22.2. The summed E-state index contributed by atoms with van der Waals surface area (Å²) >= 11 is 2.87. The Morgan fingerprint density at radius 1 is 0.896 bits per heavy atom. The molecule has 360 valence electrons. The third-order valence-electron chi connectivity index (χ3n) is 10.9. The summed E-state index contributed by atoms with van der Waals surface area (Å²) in [5.74, 6) is -2.14. The maximum Gasteiger partial charge on any atom is 0.410 e. The number of carbonyl (C=O) groups is 6. The first kappa shape index (κ1) is 50.6. The van der Waals surface area contributed by atoms with Crippen LogP contribution in [0.25, 0.3) is 10.4 Å². The number of nitrogens with zero attached hydrogens (tertiary/aromatic N) is 4. The summed E-state index contributed by atoms with van der Waals surface area (Å²) in [7, 11) is 0. The molecule has 2 aromatic heterocycles. The Hall–Kier alpha value is -5.80. The Kier molecular flexibility index (Phi) is 16.9. The summed E-state index contributed by atoms with van der Waals surface area (Å²) in [6, 6.07) is 12.1. The first-order valence-electron chi connectivity index (χ1n) is 22.1. The van der Waals surface area contributed by atoms with E-state index in [-0.39, 0.29) is 70.4 Å². The number of aromatic nitrogens is 2. The minimum absolute atomic E-state index is 0.0425. The van der Waals surface area contributed by atoms with E-state index in [0.29, 0.717) is 35.8 Å². The van der Waals surface area contributed by atoms with Crippen molar-refractivity contribution in [1.82, 2.24) is 35.7 Å². The Labute approximate surface area is 398 Å². The van der Waals surface area contributed by atoms with E-state index in [1.165, 1.54) is 16.2 Å². The van der Waals surface area contributed by atoms with Crippen LogP contribution in [0.15, 0.2) is 54.0 Å². The molecule has 0 aliphatic carbocycles. The molecule has 4 heterocycles. The van der Waals surface area contributed by atoms with E-state index in [9.17, 15) is 33.9 Å². The highest BCUT2D eigenvalue weighted by Crippen LogP contribution is 2.31. The largest absolute Gasteiger partial charge is 0.444 e. The maximum atomic E-state index is 13.9. The molecule has 1 saturated heterocycles. The van der Waals surface area contributed by atoms with Crippen molar-refractivity contribution >= 4 is 63.4 Å². The molecule has 2 aliphatic rings. The van der Waals surface area contributed by atoms with Crippen molar-refractivity contribution in [1.29, 1.82) is 0 Å². The molecule has 0 bridgehead atoms. The first-order valence-corrected chi connectivity index (χ1v) is 23.8. The Balaban J connectivity index is 0.866. The van der Waals surface area contributed by atoms with Crippen molar-refractivity contribution in [3.05, 3.63) is 87.0 Å². The molecule has 5 N–H and O–H groups in total. The standard InChI is InChI=1S/C47H60N8O10S2/c1-28-38(66-27-50-28)30-10-8-29(9-11-30)23-49-42(60)35-22-33(56)24-55(35)43(61)39(46(2,3)4)52-37(57)26-64-21-20-63-19-17-48-40(58)31-12-14-32(15-13-31)41(59)53-44-51-34-16-18-54(25-36(34)67-44)45(62)65-47(5,6)7/h8-15,27,33,35,39,56H,16-26H2,1-7H3,(H,48,58)(H,49,60)(H,52,57)(H,51,53,59)/t33-,35+,39+/m0/s1. The predicted octanol–water partition coefficient (Wildman–Crippen LogP) is 4.69. The number of amides is 6. The Morgan fingerprint density at radius 3 is 2.24 bits per heavy atom. The average molecular weight is 961 g/mol. The zero-order valence-corrected chi connectivity index (χ0v) is 40.6. The lowest BCUT2D eigenvalue weighted by Gasteiger charge is -2.35. The van der Waals surface area contributed by atoms with Gasteiger partial charge in [0.25, 0.3) is 11.8 Å². The average Bonchev–Trinajstić information content (AvgIpc) is 4.01. The van der Waals surface area contributed by atoms with Crippen LogP contribution in [0.3, 0.4) is 0 Å². The summed E-state index contributed by atoms with van der Waals surface area (Å²) in [5.41, 5.74) is 4.86. The van der Waals surface area contributed by atoms with Crippen LogP contribution >= 0.6 is 22.7 Å². The van der Waals surface area contributed by atoms with Gasteiger partial charge in [-0.2, -0.15) is 0 Å². The molecule has 2 aliphatic heterocycles. The molecule has 18 nitrogen and oxygen atoms in total. The van der Waals surface area contributed by atoms with E-state index < -0.39 is 46.9 Å². The second kappa shape index (κ2) is 22.3. The molecule has 67 heavy (non-hydrogen) atoms. The van der Waals surface area contributed by atoms with Crippen LogP contribution in [0.4, 0.5) is 9.93 Å². The summed E-state index contributed by atoms with van der Waals surface area (Å²) in [6.45, 7) is 14.1. The van der Waals surface area contributed by atoms with Crippen molar-refractivity contribution in [3.8, 4) is 10.4 Å². The van der Waals surface area contributed by atoms with Crippen LogP contribution in [-0.4, -0.2) is 130 Å². The van der Waals surface area contributed by atoms with Crippen molar-refractivity contribution in [2.24, 2.45) is 5.41 Å². The second-order valence-electron chi connectivity index (χ2n) is 18.4. The number of thiazole rings is 2. The number of benzene rings is 2. The van der Waals surface area contributed by atoms with E-state index in [0.717, 1.165) is 32.3 Å². The number of β-amino-alcohol motifs (C(OH)–C–C–N with tert-alkyl or cyclic N) is 1. The summed E-state index contributed by atoms with van der Waals surface area (Å²) in [6.07, 6.45) is -0.658. The molecule has 1 fully saturated rings. The predicted molar refractivity (Wildman–Crippen MR) is 252 cm³/mol. The number of rotatable bonds is 17. The van der Waals surface area contributed by atoms with Crippen LogP contribution < -0.4 is 21.3 Å². The number of hydrogen-bond acceptors (Lipinski definition) is 14. The minimum atomic E-state index is -1.00. The van der Waals surface area contributed by atoms with Crippen LogP contribution in [0, 0.1) is 12.3 Å². The lowest BCUT2D eigenvalue weighted by Crippen LogP contribution is -2.58. The number of ether oxygens (including phenoxy) is 3. The number of anilines is 1. The van der Waals surface area contributed by atoms with E-state index in [2.05, 4.69) is 31.2 Å². The van der Waals surface area contributed by atoms with E-state index in [1.54, 1.807) is 66.8 Å². The number of carbonyl (C=O) groups excluding carboxylic acids is 6. The molecular formula is C47H60N8O10S2. The monoisotopic (exact) mass is 960 g/mol. The molecule has 3 atom stereocenters. The molecule has 0 spiro atoms. The molecular weight excluding hydrogens is 901 g/mol. The number of hydrogen-bond donors (Lipinski definition) is 5.